The van der Waals surface area contributed by atoms with Gasteiger partial charge < -0.3 is 15.0 Å². The van der Waals surface area contributed by atoms with Crippen LogP contribution in [0, 0.1) is 0 Å². The Bertz CT molecular complexity index is 602. The molecule has 1 N–H and O–H groups in total. The van der Waals surface area contributed by atoms with E-state index in [0.717, 1.165) is 51.1 Å². The van der Waals surface area contributed by atoms with E-state index in [-0.39, 0.29) is 5.91 Å². The Balaban J connectivity index is 1.27. The maximum absolute atomic E-state index is 12.6. The summed E-state index contributed by atoms with van der Waals surface area (Å²) in [4.78, 5) is 15.1. The number of benzene rings is 1. The summed E-state index contributed by atoms with van der Waals surface area (Å²) in [5.74, 6) is 0.103. The van der Waals surface area contributed by atoms with E-state index in [4.69, 9.17) is 4.74 Å². The molecule has 0 radical (unpaired) electrons. The molecule has 3 aliphatic rings. The van der Waals surface area contributed by atoms with Crippen molar-refractivity contribution in [1.82, 2.24) is 10.2 Å². The second-order valence-corrected chi connectivity index (χ2v) is 7.87. The lowest BCUT2D eigenvalue weighted by Crippen LogP contribution is -2.46. The number of piperidine rings is 1. The van der Waals surface area contributed by atoms with E-state index in [9.17, 15) is 4.79 Å². The number of nitrogens with zero attached hydrogens (tertiary/aromatic N) is 1. The van der Waals surface area contributed by atoms with Crippen LogP contribution in [0.4, 0.5) is 0 Å². The van der Waals surface area contributed by atoms with Gasteiger partial charge in [0.1, 0.15) is 0 Å². The highest BCUT2D eigenvalue weighted by Gasteiger charge is 2.25. The Morgan fingerprint density at radius 1 is 1.08 bits per heavy atom. The van der Waals surface area contributed by atoms with Gasteiger partial charge in [-0.25, -0.2) is 0 Å². The molecule has 0 spiro atoms. The van der Waals surface area contributed by atoms with Crippen molar-refractivity contribution in [1.29, 1.82) is 0 Å². The molecule has 0 saturated carbocycles. The van der Waals surface area contributed by atoms with Gasteiger partial charge in [0.05, 0.1) is 6.10 Å². The number of carbonyl (C=O) groups excluding carboxylic acids is 1. The quantitative estimate of drug-likeness (QED) is 0.915. The molecule has 4 heteroatoms. The van der Waals surface area contributed by atoms with Crippen molar-refractivity contribution in [2.75, 3.05) is 26.2 Å². The molecule has 2 saturated heterocycles. The van der Waals surface area contributed by atoms with Crippen LogP contribution in [0.2, 0.25) is 0 Å². The predicted octanol–water partition coefficient (Wildman–Crippen LogP) is 2.94. The van der Waals surface area contributed by atoms with Crippen LogP contribution in [0.3, 0.4) is 0 Å². The smallest absolute Gasteiger partial charge is 0.251 e. The van der Waals surface area contributed by atoms with Gasteiger partial charge in [0.25, 0.3) is 5.91 Å². The highest BCUT2D eigenvalue weighted by Crippen LogP contribution is 2.22. The molecule has 1 aromatic rings. The molecule has 4 rings (SSSR count). The molecule has 1 aliphatic carbocycles. The zero-order valence-corrected chi connectivity index (χ0v) is 15.1. The third-order valence-electron chi connectivity index (χ3n) is 6.02. The Morgan fingerprint density at radius 2 is 1.88 bits per heavy atom. The summed E-state index contributed by atoms with van der Waals surface area (Å²) in [5.41, 5.74) is 3.65. The number of fused-ring (bicyclic) bond motifs is 1. The van der Waals surface area contributed by atoms with E-state index in [1.807, 2.05) is 6.07 Å². The van der Waals surface area contributed by atoms with Crippen LogP contribution in [0.25, 0.3) is 0 Å². The summed E-state index contributed by atoms with van der Waals surface area (Å²) in [6.45, 7) is 4.12. The molecule has 4 nitrogen and oxygen atoms in total. The molecule has 136 valence electrons. The monoisotopic (exact) mass is 342 g/mol. The van der Waals surface area contributed by atoms with Crippen molar-refractivity contribution >= 4 is 5.91 Å². The number of ether oxygens (including phenoxy) is 1. The molecular formula is C21H30N2O2. The fourth-order valence-corrected chi connectivity index (χ4v) is 4.48. The minimum atomic E-state index is 0.103. The second kappa shape index (κ2) is 7.88. The first-order chi connectivity index (χ1) is 12.3. The van der Waals surface area contributed by atoms with Gasteiger partial charge in [0.15, 0.2) is 0 Å². The van der Waals surface area contributed by atoms with Crippen molar-refractivity contribution in [3.05, 3.63) is 34.9 Å². The molecule has 1 aromatic carbocycles. The van der Waals surface area contributed by atoms with Crippen molar-refractivity contribution < 1.29 is 9.53 Å². The fraction of sp³-hybridized carbons (Fsp3) is 0.667. The van der Waals surface area contributed by atoms with E-state index >= 15 is 0 Å². The highest BCUT2D eigenvalue weighted by atomic mass is 16.5. The Hall–Kier alpha value is -1.39. The lowest BCUT2D eigenvalue weighted by atomic mass is 9.90. The van der Waals surface area contributed by atoms with Crippen LogP contribution in [-0.4, -0.2) is 49.2 Å². The van der Waals surface area contributed by atoms with Crippen LogP contribution < -0.4 is 5.32 Å². The van der Waals surface area contributed by atoms with E-state index in [1.54, 1.807) is 0 Å². The van der Waals surface area contributed by atoms with Gasteiger partial charge in [0.2, 0.25) is 0 Å². The van der Waals surface area contributed by atoms with Gasteiger partial charge >= 0.3 is 0 Å². The van der Waals surface area contributed by atoms with Crippen LogP contribution in [0.1, 0.15) is 60.0 Å². The summed E-state index contributed by atoms with van der Waals surface area (Å²) in [7, 11) is 0. The van der Waals surface area contributed by atoms with Crippen molar-refractivity contribution in [2.24, 2.45) is 0 Å². The number of hydrogen-bond donors (Lipinski definition) is 1. The summed E-state index contributed by atoms with van der Waals surface area (Å²) in [5, 5.41) is 3.26. The van der Waals surface area contributed by atoms with Crippen LogP contribution >= 0.6 is 0 Å². The SMILES string of the molecule is O=C(NC1CCN(CC2CCCO2)CC1)c1ccc2c(c1)CCCC2. The largest absolute Gasteiger partial charge is 0.377 e. The average Bonchev–Trinajstić information content (AvgIpc) is 3.16. The van der Waals surface area contributed by atoms with Crippen molar-refractivity contribution in [2.45, 2.75) is 63.5 Å². The predicted molar refractivity (Wildman–Crippen MR) is 99.0 cm³/mol. The molecule has 1 unspecified atom stereocenters. The molecular weight excluding hydrogens is 312 g/mol. The minimum Gasteiger partial charge on any atom is -0.377 e. The topological polar surface area (TPSA) is 41.6 Å². The first kappa shape index (κ1) is 17.0. The molecule has 2 fully saturated rings. The van der Waals surface area contributed by atoms with Crippen LogP contribution in [0.5, 0.6) is 0 Å². The first-order valence-electron chi connectivity index (χ1n) is 10.0. The number of likely N-dealkylation sites (tertiary alicyclic amines) is 1. The zero-order chi connectivity index (χ0) is 17.1. The van der Waals surface area contributed by atoms with Crippen LogP contribution in [-0.2, 0) is 17.6 Å². The third kappa shape index (κ3) is 4.24. The Morgan fingerprint density at radius 3 is 2.64 bits per heavy atom. The Kier molecular flexibility index (Phi) is 5.37. The average molecular weight is 342 g/mol. The second-order valence-electron chi connectivity index (χ2n) is 7.87. The number of amides is 1. The van der Waals surface area contributed by atoms with Gasteiger partial charge in [-0.15, -0.1) is 0 Å². The fourth-order valence-electron chi connectivity index (χ4n) is 4.48. The van der Waals surface area contributed by atoms with Crippen LogP contribution in [0.15, 0.2) is 18.2 Å². The first-order valence-corrected chi connectivity index (χ1v) is 10.0. The van der Waals surface area contributed by atoms with E-state index in [1.165, 1.54) is 43.2 Å². The van der Waals surface area contributed by atoms with E-state index in [2.05, 4.69) is 22.3 Å². The number of aryl methyl sites for hydroxylation is 2. The maximum Gasteiger partial charge on any atom is 0.251 e. The van der Waals surface area contributed by atoms with Gasteiger partial charge in [0, 0.05) is 37.8 Å². The third-order valence-corrected chi connectivity index (χ3v) is 6.02. The van der Waals surface area contributed by atoms with Gasteiger partial charge in [-0.05, 0) is 74.6 Å². The minimum absolute atomic E-state index is 0.103. The van der Waals surface area contributed by atoms with E-state index in [0.29, 0.717) is 12.1 Å². The lowest BCUT2D eigenvalue weighted by Gasteiger charge is -2.33. The molecule has 0 bridgehead atoms. The number of carbonyl (C=O) groups is 1. The standard InChI is InChI=1S/C21H30N2O2/c24-21(18-8-7-16-4-1-2-5-17(16)14-18)22-19-9-11-23(12-10-19)15-20-6-3-13-25-20/h7-8,14,19-20H,1-6,9-13,15H2,(H,22,24). The Labute approximate surface area is 150 Å². The molecule has 1 atom stereocenters. The maximum atomic E-state index is 12.6. The summed E-state index contributed by atoms with van der Waals surface area (Å²) >= 11 is 0. The van der Waals surface area contributed by atoms with Crippen molar-refractivity contribution in [3.63, 3.8) is 0 Å². The number of rotatable bonds is 4. The van der Waals surface area contributed by atoms with Gasteiger partial charge in [-0.3, -0.25) is 4.79 Å². The number of nitrogens with one attached hydrogen (secondary N) is 1. The summed E-state index contributed by atoms with van der Waals surface area (Å²) < 4.78 is 5.74. The van der Waals surface area contributed by atoms with Crippen molar-refractivity contribution in [3.8, 4) is 0 Å². The summed E-state index contributed by atoms with van der Waals surface area (Å²) in [6.07, 6.45) is 9.75. The zero-order valence-electron chi connectivity index (χ0n) is 15.1. The lowest BCUT2D eigenvalue weighted by molar-refractivity contribution is 0.0613. The molecule has 2 aliphatic heterocycles. The highest BCUT2D eigenvalue weighted by molar-refractivity contribution is 5.94. The normalized spacial score (nSPS) is 24.9. The molecule has 1 amide bonds. The molecule has 0 aromatic heterocycles. The molecule has 25 heavy (non-hydrogen) atoms. The summed E-state index contributed by atoms with van der Waals surface area (Å²) in [6, 6.07) is 6.60. The van der Waals surface area contributed by atoms with Gasteiger partial charge in [-0.1, -0.05) is 6.07 Å². The van der Waals surface area contributed by atoms with Gasteiger partial charge in [-0.2, -0.15) is 0 Å². The number of hydrogen-bond acceptors (Lipinski definition) is 3. The molecule has 2 heterocycles. The van der Waals surface area contributed by atoms with E-state index < -0.39 is 0 Å².